The van der Waals surface area contributed by atoms with Crippen molar-refractivity contribution < 1.29 is 4.79 Å². The number of carbonyl (C=O) groups excluding carboxylic acids is 1. The zero-order valence-corrected chi connectivity index (χ0v) is 11.0. The minimum absolute atomic E-state index is 0.230. The Labute approximate surface area is 117 Å². The fourth-order valence-electron chi connectivity index (χ4n) is 1.52. The molecule has 2 aromatic rings. The predicted octanol–water partition coefficient (Wildman–Crippen LogP) is 2.30. The number of aromatic nitrogens is 2. The van der Waals surface area contributed by atoms with Gasteiger partial charge in [-0.25, -0.2) is 10.4 Å². The van der Waals surface area contributed by atoms with Crippen LogP contribution in [0.5, 0.6) is 0 Å². The first-order valence-corrected chi connectivity index (χ1v) is 6.09. The number of hydrazone groups is 1. The average molecular weight is 266 g/mol. The van der Waals surface area contributed by atoms with Crippen molar-refractivity contribution in [2.45, 2.75) is 6.92 Å². The Morgan fingerprint density at radius 2 is 2.05 bits per heavy atom. The number of amides is 1. The van der Waals surface area contributed by atoms with Crippen molar-refractivity contribution in [3.8, 4) is 0 Å². The van der Waals surface area contributed by atoms with E-state index in [1.165, 1.54) is 24.8 Å². The molecular weight excluding hydrogens is 252 g/mol. The molecule has 2 rings (SSSR count). The number of hydrogen-bond donors (Lipinski definition) is 1. The van der Waals surface area contributed by atoms with Crippen LogP contribution in [0.3, 0.4) is 0 Å². The Kier molecular flexibility index (Phi) is 4.72. The lowest BCUT2D eigenvalue weighted by atomic mass is 10.1. The molecule has 0 fully saturated rings. The molecule has 0 aliphatic carbocycles. The number of allylic oxidation sites excluding steroid dienone is 2. The Hall–Kier alpha value is -2.82. The Morgan fingerprint density at radius 3 is 2.75 bits per heavy atom. The molecule has 5 heteroatoms. The van der Waals surface area contributed by atoms with Crippen molar-refractivity contribution >= 4 is 17.7 Å². The van der Waals surface area contributed by atoms with Crippen molar-refractivity contribution in [1.29, 1.82) is 0 Å². The molecule has 1 aromatic carbocycles. The standard InChI is InChI=1S/C15H14N4O/c1-12(13-5-3-2-4-6-13)7-8-18-19-15(20)14-11-16-9-10-17-14/h2-11H,1H3,(H,19,20)/b12-7+,18-8-. The molecule has 1 amide bonds. The van der Waals surface area contributed by atoms with Crippen LogP contribution in [0.2, 0.25) is 0 Å². The lowest BCUT2D eigenvalue weighted by Gasteiger charge is -1.99. The Balaban J connectivity index is 1.93. The SMILES string of the molecule is C/C(=C\C=N/NC(=O)c1cnccn1)c1ccccc1. The van der Waals surface area contributed by atoms with E-state index in [1.807, 2.05) is 43.3 Å². The molecule has 0 aliphatic heterocycles. The molecule has 0 spiro atoms. The highest BCUT2D eigenvalue weighted by Crippen LogP contribution is 2.11. The second-order valence-corrected chi connectivity index (χ2v) is 4.03. The van der Waals surface area contributed by atoms with Gasteiger partial charge in [-0.3, -0.25) is 9.78 Å². The Morgan fingerprint density at radius 1 is 1.25 bits per heavy atom. The minimum Gasteiger partial charge on any atom is -0.265 e. The highest BCUT2D eigenvalue weighted by Gasteiger charge is 2.03. The molecule has 0 unspecified atom stereocenters. The Bertz CT molecular complexity index is 621. The maximum atomic E-state index is 11.6. The lowest BCUT2D eigenvalue weighted by Crippen LogP contribution is -2.18. The zero-order valence-electron chi connectivity index (χ0n) is 11.0. The summed E-state index contributed by atoms with van der Waals surface area (Å²) < 4.78 is 0. The molecule has 20 heavy (non-hydrogen) atoms. The third-order valence-electron chi connectivity index (χ3n) is 2.59. The topological polar surface area (TPSA) is 67.2 Å². The number of carbonyl (C=O) groups is 1. The third-order valence-corrected chi connectivity index (χ3v) is 2.59. The van der Waals surface area contributed by atoms with Gasteiger partial charge >= 0.3 is 0 Å². The van der Waals surface area contributed by atoms with E-state index in [0.29, 0.717) is 0 Å². The summed E-state index contributed by atoms with van der Waals surface area (Å²) in [7, 11) is 0. The van der Waals surface area contributed by atoms with Gasteiger partial charge in [0.1, 0.15) is 5.69 Å². The summed E-state index contributed by atoms with van der Waals surface area (Å²) in [6.45, 7) is 1.98. The van der Waals surface area contributed by atoms with Gasteiger partial charge in [0, 0.05) is 18.6 Å². The molecule has 1 heterocycles. The van der Waals surface area contributed by atoms with E-state index in [-0.39, 0.29) is 11.6 Å². The van der Waals surface area contributed by atoms with Crippen LogP contribution in [0.15, 0.2) is 60.1 Å². The minimum atomic E-state index is -0.389. The maximum absolute atomic E-state index is 11.6. The van der Waals surface area contributed by atoms with E-state index < -0.39 is 0 Å². The molecule has 0 saturated carbocycles. The van der Waals surface area contributed by atoms with Gasteiger partial charge in [0.05, 0.1) is 6.20 Å². The number of nitrogens with zero attached hydrogens (tertiary/aromatic N) is 3. The molecule has 0 aliphatic rings. The summed E-state index contributed by atoms with van der Waals surface area (Å²) in [4.78, 5) is 19.3. The molecule has 1 N–H and O–H groups in total. The van der Waals surface area contributed by atoms with Crippen LogP contribution in [-0.2, 0) is 0 Å². The van der Waals surface area contributed by atoms with Gasteiger partial charge in [0.15, 0.2) is 0 Å². The quantitative estimate of drug-likeness (QED) is 0.682. The number of rotatable bonds is 4. The van der Waals surface area contributed by atoms with Crippen LogP contribution < -0.4 is 5.43 Å². The van der Waals surface area contributed by atoms with Crippen LogP contribution in [0.1, 0.15) is 23.0 Å². The monoisotopic (exact) mass is 266 g/mol. The van der Waals surface area contributed by atoms with Crippen molar-refractivity contribution in [2.75, 3.05) is 0 Å². The van der Waals surface area contributed by atoms with E-state index in [9.17, 15) is 4.79 Å². The lowest BCUT2D eigenvalue weighted by molar-refractivity contribution is 0.0950. The first-order chi connectivity index (χ1) is 9.77. The van der Waals surface area contributed by atoms with E-state index in [4.69, 9.17) is 0 Å². The smallest absolute Gasteiger partial charge is 0.265 e. The third kappa shape index (κ3) is 3.84. The van der Waals surface area contributed by atoms with Gasteiger partial charge in [-0.05, 0) is 24.1 Å². The molecule has 0 atom stereocenters. The summed E-state index contributed by atoms with van der Waals surface area (Å²) in [5.74, 6) is -0.389. The van der Waals surface area contributed by atoms with Crippen molar-refractivity contribution in [3.05, 3.63) is 66.3 Å². The second kappa shape index (κ2) is 6.94. The largest absolute Gasteiger partial charge is 0.291 e. The van der Waals surface area contributed by atoms with Crippen LogP contribution in [0, 0.1) is 0 Å². The summed E-state index contributed by atoms with van der Waals surface area (Å²) >= 11 is 0. The van der Waals surface area contributed by atoms with Gasteiger partial charge < -0.3 is 0 Å². The molecule has 0 radical (unpaired) electrons. The van der Waals surface area contributed by atoms with E-state index >= 15 is 0 Å². The second-order valence-electron chi connectivity index (χ2n) is 4.03. The number of nitrogens with one attached hydrogen (secondary N) is 1. The predicted molar refractivity (Wildman–Crippen MR) is 78.1 cm³/mol. The number of benzene rings is 1. The van der Waals surface area contributed by atoms with E-state index in [0.717, 1.165) is 11.1 Å². The first kappa shape index (κ1) is 13.6. The van der Waals surface area contributed by atoms with Crippen LogP contribution in [-0.4, -0.2) is 22.1 Å². The summed E-state index contributed by atoms with van der Waals surface area (Å²) in [5.41, 5.74) is 4.79. The first-order valence-electron chi connectivity index (χ1n) is 6.09. The van der Waals surface area contributed by atoms with Gasteiger partial charge in [-0.1, -0.05) is 30.3 Å². The number of hydrogen-bond acceptors (Lipinski definition) is 4. The highest BCUT2D eigenvalue weighted by atomic mass is 16.2. The molecule has 0 bridgehead atoms. The van der Waals surface area contributed by atoms with E-state index in [2.05, 4.69) is 20.5 Å². The fourth-order valence-corrected chi connectivity index (χ4v) is 1.52. The average Bonchev–Trinajstić information content (AvgIpc) is 2.53. The highest BCUT2D eigenvalue weighted by molar-refractivity contribution is 5.92. The summed E-state index contributed by atoms with van der Waals surface area (Å²) in [6.07, 6.45) is 7.71. The molecular formula is C15H14N4O. The summed E-state index contributed by atoms with van der Waals surface area (Å²) in [5, 5.41) is 3.84. The zero-order chi connectivity index (χ0) is 14.2. The van der Waals surface area contributed by atoms with Gasteiger partial charge in [0.25, 0.3) is 5.91 Å². The molecule has 5 nitrogen and oxygen atoms in total. The normalized spacial score (nSPS) is 11.6. The van der Waals surface area contributed by atoms with Crippen LogP contribution in [0.25, 0.3) is 5.57 Å². The van der Waals surface area contributed by atoms with Crippen LogP contribution >= 0.6 is 0 Å². The van der Waals surface area contributed by atoms with Crippen molar-refractivity contribution in [2.24, 2.45) is 5.10 Å². The van der Waals surface area contributed by atoms with Crippen molar-refractivity contribution in [3.63, 3.8) is 0 Å². The van der Waals surface area contributed by atoms with Crippen molar-refractivity contribution in [1.82, 2.24) is 15.4 Å². The summed E-state index contributed by atoms with van der Waals surface area (Å²) in [6, 6.07) is 9.93. The fraction of sp³-hybridized carbons (Fsp3) is 0.0667. The molecule has 100 valence electrons. The van der Waals surface area contributed by atoms with E-state index in [1.54, 1.807) is 0 Å². The maximum Gasteiger partial charge on any atom is 0.291 e. The van der Waals surface area contributed by atoms with Gasteiger partial charge in [-0.2, -0.15) is 5.10 Å². The van der Waals surface area contributed by atoms with Crippen LogP contribution in [0.4, 0.5) is 0 Å². The van der Waals surface area contributed by atoms with Gasteiger partial charge in [0.2, 0.25) is 0 Å². The van der Waals surface area contributed by atoms with Gasteiger partial charge in [-0.15, -0.1) is 0 Å². The molecule has 0 saturated heterocycles. The molecule has 1 aromatic heterocycles.